The molecule has 0 aromatic heterocycles. The second kappa shape index (κ2) is 9.00. The molecular weight excluding hydrogens is 514 g/mol. The summed E-state index contributed by atoms with van der Waals surface area (Å²) in [7, 11) is 1.59. The van der Waals surface area contributed by atoms with E-state index in [1.54, 1.807) is 25.3 Å². The molecule has 176 valence electrons. The van der Waals surface area contributed by atoms with Crippen molar-refractivity contribution in [3.05, 3.63) is 63.6 Å². The number of thiocarbonyl (C=S) groups is 1. The molecule has 0 saturated carbocycles. The molecule has 2 aromatic rings. The van der Waals surface area contributed by atoms with Gasteiger partial charge in [-0.25, -0.2) is 0 Å². The Morgan fingerprint density at radius 3 is 2.47 bits per heavy atom. The molecule has 0 unspecified atom stereocenters. The van der Waals surface area contributed by atoms with Crippen molar-refractivity contribution in [3.8, 4) is 5.75 Å². The molecule has 0 radical (unpaired) electrons. The van der Waals surface area contributed by atoms with E-state index in [-0.39, 0.29) is 16.2 Å². The minimum absolute atomic E-state index is 0.0140. The second-order valence-corrected chi connectivity index (χ2v) is 10.1. The Morgan fingerprint density at radius 1 is 1.18 bits per heavy atom. The quantitative estimate of drug-likeness (QED) is 0.324. The van der Waals surface area contributed by atoms with Crippen LogP contribution in [0.3, 0.4) is 0 Å². The molecule has 4 rings (SSSR count). The number of anilines is 2. The van der Waals surface area contributed by atoms with Gasteiger partial charge in [0.2, 0.25) is 0 Å². The summed E-state index contributed by atoms with van der Waals surface area (Å²) in [5.74, 6) is -0.440. The van der Waals surface area contributed by atoms with Crippen LogP contribution < -0.4 is 19.9 Å². The summed E-state index contributed by atoms with van der Waals surface area (Å²) in [5.41, 5.74) is 4.29. The molecule has 2 heterocycles. The molecule has 2 aliphatic rings. The molecule has 6 nitrogen and oxygen atoms in total. The lowest BCUT2D eigenvalue weighted by Gasteiger charge is -2.43. The molecule has 0 atom stereocenters. The van der Waals surface area contributed by atoms with Crippen molar-refractivity contribution >= 4 is 68.1 Å². The number of benzene rings is 2. The first kappa shape index (κ1) is 24.2. The fourth-order valence-electron chi connectivity index (χ4n) is 4.63. The van der Waals surface area contributed by atoms with E-state index in [0.29, 0.717) is 17.0 Å². The van der Waals surface area contributed by atoms with E-state index in [4.69, 9.17) is 17.0 Å². The normalized spacial score (nSPS) is 18.6. The average Bonchev–Trinajstić information content (AvgIpc) is 2.77. The molecule has 2 amide bonds. The van der Waals surface area contributed by atoms with Crippen LogP contribution in [-0.2, 0) is 9.59 Å². The summed E-state index contributed by atoms with van der Waals surface area (Å²) >= 11 is 8.70. The van der Waals surface area contributed by atoms with Gasteiger partial charge in [-0.1, -0.05) is 22.0 Å². The highest BCUT2D eigenvalue weighted by atomic mass is 79.9. The van der Waals surface area contributed by atoms with Crippen molar-refractivity contribution < 1.29 is 14.3 Å². The highest BCUT2D eigenvalue weighted by Crippen LogP contribution is 2.42. The Labute approximate surface area is 213 Å². The highest BCUT2D eigenvalue weighted by Gasteiger charge is 2.35. The smallest absolute Gasteiger partial charge is 0.270 e. The van der Waals surface area contributed by atoms with Gasteiger partial charge in [-0.2, -0.15) is 0 Å². The first-order valence-electron chi connectivity index (χ1n) is 10.9. The van der Waals surface area contributed by atoms with Crippen LogP contribution in [0, 0.1) is 0 Å². The summed E-state index contributed by atoms with van der Waals surface area (Å²) in [5, 5.41) is 2.68. The Hall–Kier alpha value is -2.97. The zero-order chi connectivity index (χ0) is 24.8. The lowest BCUT2D eigenvalue weighted by Crippen LogP contribution is -2.54. The number of rotatable bonds is 4. The largest absolute Gasteiger partial charge is 0.496 e. The van der Waals surface area contributed by atoms with Gasteiger partial charge in [0.15, 0.2) is 5.11 Å². The number of amides is 2. The molecule has 2 aromatic carbocycles. The maximum Gasteiger partial charge on any atom is 0.270 e. The van der Waals surface area contributed by atoms with E-state index in [0.717, 1.165) is 27.8 Å². The number of methoxy groups -OCH3 is 1. The van der Waals surface area contributed by atoms with Crippen LogP contribution in [0.15, 0.2) is 52.5 Å². The molecule has 1 N–H and O–H groups in total. The second-order valence-electron chi connectivity index (χ2n) is 8.77. The molecule has 34 heavy (non-hydrogen) atoms. The van der Waals surface area contributed by atoms with Crippen LogP contribution in [0.4, 0.5) is 11.4 Å². The minimum atomic E-state index is -0.535. The van der Waals surface area contributed by atoms with Crippen molar-refractivity contribution in [2.45, 2.75) is 33.2 Å². The first-order valence-corrected chi connectivity index (χ1v) is 12.1. The van der Waals surface area contributed by atoms with Gasteiger partial charge in [-0.15, -0.1) is 0 Å². The number of nitrogens with one attached hydrogen (secondary N) is 1. The molecule has 1 fully saturated rings. The number of allylic oxidation sites excluding steroid dienone is 1. The molecule has 2 aliphatic heterocycles. The van der Waals surface area contributed by atoms with E-state index in [1.807, 2.05) is 24.3 Å². The van der Waals surface area contributed by atoms with Crippen LogP contribution in [-0.4, -0.2) is 36.1 Å². The van der Waals surface area contributed by atoms with Gasteiger partial charge >= 0.3 is 0 Å². The molecule has 1 saturated heterocycles. The summed E-state index contributed by atoms with van der Waals surface area (Å²) in [6.45, 7) is 9.37. The van der Waals surface area contributed by atoms with Crippen LogP contribution in [0.2, 0.25) is 0 Å². The maximum atomic E-state index is 13.4. The lowest BCUT2D eigenvalue weighted by molar-refractivity contribution is -0.122. The van der Waals surface area contributed by atoms with Crippen LogP contribution in [0.1, 0.15) is 38.8 Å². The van der Waals surface area contributed by atoms with E-state index in [2.05, 4.69) is 59.9 Å². The Balaban J connectivity index is 1.82. The highest BCUT2D eigenvalue weighted by molar-refractivity contribution is 9.10. The molecule has 0 aliphatic carbocycles. The summed E-state index contributed by atoms with van der Waals surface area (Å²) in [4.78, 5) is 29.8. The summed E-state index contributed by atoms with van der Waals surface area (Å²) in [6, 6.07) is 11.1. The van der Waals surface area contributed by atoms with Gasteiger partial charge in [-0.3, -0.25) is 19.8 Å². The van der Waals surface area contributed by atoms with Crippen LogP contribution in [0.5, 0.6) is 5.75 Å². The number of carbonyl (C=O) groups is 2. The van der Waals surface area contributed by atoms with Gasteiger partial charge in [0, 0.05) is 33.9 Å². The number of fused-ring (bicyclic) bond motifs is 1. The van der Waals surface area contributed by atoms with E-state index in [9.17, 15) is 9.59 Å². The van der Waals surface area contributed by atoms with E-state index in [1.165, 1.54) is 4.90 Å². The van der Waals surface area contributed by atoms with E-state index < -0.39 is 11.8 Å². The minimum Gasteiger partial charge on any atom is -0.496 e. The third-order valence-corrected chi connectivity index (χ3v) is 6.94. The van der Waals surface area contributed by atoms with Gasteiger partial charge in [0.05, 0.1) is 18.3 Å². The Kier molecular flexibility index (Phi) is 6.40. The third kappa shape index (κ3) is 4.16. The third-order valence-electron chi connectivity index (χ3n) is 6.13. The van der Waals surface area contributed by atoms with Gasteiger partial charge in [-0.05, 0) is 81.9 Å². The zero-order valence-corrected chi connectivity index (χ0v) is 22.1. The van der Waals surface area contributed by atoms with Gasteiger partial charge in [0.25, 0.3) is 11.8 Å². The number of nitrogens with zero attached hydrogens (tertiary/aromatic N) is 2. The number of likely N-dealkylation sites (N-methyl/N-ethyl adjacent to an activating group) is 1. The van der Waals surface area contributed by atoms with Crippen LogP contribution in [0.25, 0.3) is 11.6 Å². The predicted octanol–water partition coefficient (Wildman–Crippen LogP) is 5.31. The molecular formula is C26H26BrN3O3S. The topological polar surface area (TPSA) is 61.9 Å². The predicted molar refractivity (Wildman–Crippen MR) is 144 cm³/mol. The fourth-order valence-corrected chi connectivity index (χ4v) is 5.17. The van der Waals surface area contributed by atoms with Gasteiger partial charge < -0.3 is 9.64 Å². The van der Waals surface area contributed by atoms with Crippen molar-refractivity contribution in [2.75, 3.05) is 23.5 Å². The van der Waals surface area contributed by atoms with Crippen molar-refractivity contribution in [3.63, 3.8) is 0 Å². The number of ether oxygens (including phenoxy) is 1. The van der Waals surface area contributed by atoms with Crippen LogP contribution >= 0.6 is 28.1 Å². The number of carbonyl (C=O) groups excluding carboxylic acids is 2. The maximum absolute atomic E-state index is 13.4. The molecule has 0 bridgehead atoms. The van der Waals surface area contributed by atoms with Crippen molar-refractivity contribution in [1.82, 2.24) is 5.32 Å². The summed E-state index contributed by atoms with van der Waals surface area (Å²) in [6.07, 6.45) is 3.81. The Bertz CT molecular complexity index is 1260. The lowest BCUT2D eigenvalue weighted by atomic mass is 9.87. The number of hydrogen-bond acceptors (Lipinski definition) is 5. The van der Waals surface area contributed by atoms with Gasteiger partial charge in [0.1, 0.15) is 11.3 Å². The average molecular weight is 540 g/mol. The molecule has 8 heteroatoms. The number of halogens is 1. The standard InChI is InChI=1S/C26H26BrN3O3S/c1-6-29-21-13-22(33-5)16(11-19(21)15(2)14-26(29,3)4)12-20-23(31)28-25(34)30(24(20)32)18-9-7-17(27)8-10-18/h7-14H,6H2,1-5H3,(H,28,31,34)/b20-12-. The zero-order valence-electron chi connectivity index (χ0n) is 19.7. The monoisotopic (exact) mass is 539 g/mol. The first-order chi connectivity index (χ1) is 16.1. The van der Waals surface area contributed by atoms with Crippen molar-refractivity contribution in [2.24, 2.45) is 0 Å². The molecule has 0 spiro atoms. The van der Waals surface area contributed by atoms with E-state index >= 15 is 0 Å². The fraction of sp³-hybridized carbons (Fsp3) is 0.269. The SMILES string of the molecule is CCN1c2cc(OC)c(/C=C3/C(=O)NC(=S)N(c4ccc(Br)cc4)C3=O)cc2C(C)=CC1(C)C. The van der Waals surface area contributed by atoms with Crippen molar-refractivity contribution in [1.29, 1.82) is 0 Å². The Morgan fingerprint density at radius 2 is 1.85 bits per heavy atom. The number of hydrogen-bond donors (Lipinski definition) is 1. The summed E-state index contributed by atoms with van der Waals surface area (Å²) < 4.78 is 6.56.